The minimum atomic E-state index is -0.360. The highest BCUT2D eigenvalue weighted by Crippen LogP contribution is 2.71. The zero-order chi connectivity index (χ0) is 43.1. The SMILES string of the molecule is CC(=O)O[C@H]1CC[C@@]2(C)[C@@H](CC[C@@H]3[C@@H]2CC[C@]2(C)[C@H]4[C@H](C)O[C@@H](c5ccc([C@@H]6O[C@@H](C)[C@H]7[C@H](C[C@H]8[C@@H]9CC[C@H]%10C[C@@H](OC(C)=O)CC[C@]%10(C)[C@H]9CC[C@]78C)O6)cc5)O[C@H]4C[C@@H]32)C1. The molecule has 0 amide bonds. The van der Waals surface area contributed by atoms with Crippen LogP contribution in [0.25, 0.3) is 0 Å². The molecular formula is C54H78O8. The molecule has 10 fully saturated rings. The number of esters is 2. The zero-order valence-electron chi connectivity index (χ0n) is 39.3. The van der Waals surface area contributed by atoms with Gasteiger partial charge in [0.05, 0.1) is 24.4 Å². The van der Waals surface area contributed by atoms with Gasteiger partial charge in [-0.2, -0.15) is 0 Å². The highest BCUT2D eigenvalue weighted by atomic mass is 16.7. The molecule has 0 bridgehead atoms. The molecule has 10 aliphatic rings. The van der Waals surface area contributed by atoms with E-state index in [1.165, 1.54) is 64.2 Å². The first-order valence-corrected chi connectivity index (χ1v) is 25.6. The molecule has 22 atom stereocenters. The molecule has 62 heavy (non-hydrogen) atoms. The lowest BCUT2D eigenvalue weighted by Gasteiger charge is -2.61. The molecule has 342 valence electrons. The van der Waals surface area contributed by atoms with Crippen LogP contribution >= 0.6 is 0 Å². The molecule has 0 unspecified atom stereocenters. The molecule has 1 aromatic rings. The second-order valence-electron chi connectivity index (χ2n) is 24.3. The van der Waals surface area contributed by atoms with Crippen LogP contribution in [0, 0.1) is 80.8 Å². The van der Waals surface area contributed by atoms with Crippen LogP contribution in [0.1, 0.15) is 182 Å². The van der Waals surface area contributed by atoms with Gasteiger partial charge in [-0.25, -0.2) is 0 Å². The second kappa shape index (κ2) is 15.3. The van der Waals surface area contributed by atoms with Crippen molar-refractivity contribution in [3.63, 3.8) is 0 Å². The molecule has 0 aromatic heterocycles. The molecule has 2 saturated heterocycles. The van der Waals surface area contributed by atoms with Crippen LogP contribution in [0.3, 0.4) is 0 Å². The lowest BCUT2D eigenvalue weighted by molar-refractivity contribution is -0.276. The molecule has 0 radical (unpaired) electrons. The molecule has 8 aliphatic carbocycles. The minimum Gasteiger partial charge on any atom is -0.463 e. The van der Waals surface area contributed by atoms with E-state index in [0.717, 1.165) is 73.3 Å². The number of fused-ring (bicyclic) bond motifs is 14. The van der Waals surface area contributed by atoms with E-state index in [1.54, 1.807) is 13.8 Å². The Morgan fingerprint density at radius 3 is 1.27 bits per heavy atom. The summed E-state index contributed by atoms with van der Waals surface area (Å²) in [5.41, 5.74) is 3.34. The van der Waals surface area contributed by atoms with Crippen molar-refractivity contribution in [1.29, 1.82) is 0 Å². The van der Waals surface area contributed by atoms with E-state index in [0.29, 0.717) is 46.3 Å². The molecule has 0 spiro atoms. The number of rotatable bonds is 4. The fourth-order valence-corrected chi connectivity index (χ4v) is 19.2. The standard InChI is InChI=1S/C54H78O8/c1-29-47-45(27-43-39-15-13-35-25-37(59-31(3)55)17-21-51(35,5)41(39)19-23-53(43,47)7)61-49(57-29)33-9-11-34(12-10-33)50-58-30(2)48-46(62-50)28-44-40-16-14-36-26-38(60-32(4)56)18-22-52(36,6)42(40)20-24-54(44,48)8/h9-12,29-30,35-50H,13-28H2,1-8H3/t29-,30-,35-,36-,37-,38-,39+,40+,41-,42-,43-,44-,45-,46-,47-,48-,49+,50+,51-,52-,53-,54-/m0/s1. The molecule has 8 saturated carbocycles. The number of carbonyl (C=O) groups excluding carboxylic acids is 2. The van der Waals surface area contributed by atoms with Crippen LogP contribution in [0.15, 0.2) is 24.3 Å². The first-order valence-electron chi connectivity index (χ1n) is 25.6. The minimum absolute atomic E-state index is 0.105. The average Bonchev–Trinajstić information content (AvgIpc) is 3.72. The van der Waals surface area contributed by atoms with Crippen molar-refractivity contribution in [2.75, 3.05) is 0 Å². The predicted octanol–water partition coefficient (Wildman–Crippen LogP) is 11.7. The number of hydrogen-bond donors (Lipinski definition) is 0. The summed E-state index contributed by atoms with van der Waals surface area (Å²) in [6, 6.07) is 8.83. The van der Waals surface area contributed by atoms with Crippen molar-refractivity contribution < 1.29 is 38.0 Å². The Balaban J connectivity index is 0.743. The van der Waals surface area contributed by atoms with E-state index in [1.807, 2.05) is 0 Å². The lowest BCUT2D eigenvalue weighted by Crippen LogP contribution is -2.55. The quantitative estimate of drug-likeness (QED) is 0.277. The molecule has 11 rings (SSSR count). The van der Waals surface area contributed by atoms with Gasteiger partial charge in [0.2, 0.25) is 0 Å². The smallest absolute Gasteiger partial charge is 0.302 e. The van der Waals surface area contributed by atoms with Crippen LogP contribution < -0.4 is 0 Å². The third kappa shape index (κ3) is 6.52. The van der Waals surface area contributed by atoms with Crippen molar-refractivity contribution >= 4 is 11.9 Å². The number of hydrogen-bond acceptors (Lipinski definition) is 8. The van der Waals surface area contributed by atoms with E-state index < -0.39 is 0 Å². The third-order valence-electron chi connectivity index (χ3n) is 21.8. The summed E-state index contributed by atoms with van der Waals surface area (Å²) in [4.78, 5) is 23.6. The Morgan fingerprint density at radius 2 is 0.887 bits per heavy atom. The monoisotopic (exact) mass is 855 g/mol. The van der Waals surface area contributed by atoms with Gasteiger partial charge in [-0.05, 0) is 186 Å². The number of ether oxygens (including phenoxy) is 6. The van der Waals surface area contributed by atoms with Crippen LogP contribution in [-0.2, 0) is 38.0 Å². The molecule has 8 nitrogen and oxygen atoms in total. The number of benzene rings is 1. The largest absolute Gasteiger partial charge is 0.463 e. The summed E-state index contributed by atoms with van der Waals surface area (Å²) in [5.74, 6) is 6.20. The van der Waals surface area contributed by atoms with Crippen LogP contribution in [0.4, 0.5) is 0 Å². The average molecular weight is 855 g/mol. The maximum Gasteiger partial charge on any atom is 0.302 e. The van der Waals surface area contributed by atoms with Gasteiger partial charge in [0.1, 0.15) is 12.2 Å². The van der Waals surface area contributed by atoms with Gasteiger partial charge in [0.25, 0.3) is 0 Å². The van der Waals surface area contributed by atoms with Gasteiger partial charge >= 0.3 is 11.9 Å². The molecule has 8 heteroatoms. The predicted molar refractivity (Wildman–Crippen MR) is 235 cm³/mol. The summed E-state index contributed by atoms with van der Waals surface area (Å²) in [6.45, 7) is 18.1. The number of carbonyl (C=O) groups is 2. The third-order valence-corrected chi connectivity index (χ3v) is 21.8. The van der Waals surface area contributed by atoms with Crippen molar-refractivity contribution in [1.82, 2.24) is 0 Å². The Kier molecular flexibility index (Phi) is 10.5. The Morgan fingerprint density at radius 1 is 0.500 bits per heavy atom. The van der Waals surface area contributed by atoms with E-state index in [-0.39, 0.29) is 72.0 Å². The fourth-order valence-electron chi connectivity index (χ4n) is 19.2. The first kappa shape index (κ1) is 42.6. The van der Waals surface area contributed by atoms with Gasteiger partial charge < -0.3 is 28.4 Å². The summed E-state index contributed by atoms with van der Waals surface area (Å²) in [7, 11) is 0. The van der Waals surface area contributed by atoms with Crippen LogP contribution in [0.2, 0.25) is 0 Å². The van der Waals surface area contributed by atoms with E-state index in [4.69, 9.17) is 28.4 Å². The van der Waals surface area contributed by atoms with Gasteiger partial charge in [-0.15, -0.1) is 0 Å². The van der Waals surface area contributed by atoms with Crippen molar-refractivity contribution in [3.05, 3.63) is 35.4 Å². The topological polar surface area (TPSA) is 89.5 Å². The highest BCUT2D eigenvalue weighted by molar-refractivity contribution is 5.66. The van der Waals surface area contributed by atoms with Crippen LogP contribution in [0.5, 0.6) is 0 Å². The van der Waals surface area contributed by atoms with Gasteiger partial charge in [0, 0.05) is 36.8 Å². The second-order valence-corrected chi connectivity index (χ2v) is 24.3. The van der Waals surface area contributed by atoms with Gasteiger partial charge in [-0.3, -0.25) is 9.59 Å². The Hall–Kier alpha value is -2.00. The summed E-state index contributed by atoms with van der Waals surface area (Å²) < 4.78 is 39.4. The highest BCUT2D eigenvalue weighted by Gasteiger charge is 2.67. The van der Waals surface area contributed by atoms with E-state index in [9.17, 15) is 9.59 Å². The fraction of sp³-hybridized carbons (Fsp3) is 0.852. The maximum absolute atomic E-state index is 11.8. The summed E-state index contributed by atoms with van der Waals surface area (Å²) in [5, 5.41) is 0. The molecular weight excluding hydrogens is 777 g/mol. The Bertz CT molecular complexity index is 1750. The van der Waals surface area contributed by atoms with Crippen molar-refractivity contribution in [2.24, 2.45) is 80.8 Å². The lowest BCUT2D eigenvalue weighted by atomic mass is 9.44. The zero-order valence-corrected chi connectivity index (χ0v) is 39.3. The van der Waals surface area contributed by atoms with Crippen LogP contribution in [-0.4, -0.2) is 48.6 Å². The van der Waals surface area contributed by atoms with Crippen molar-refractivity contribution in [2.45, 2.75) is 207 Å². The van der Waals surface area contributed by atoms with Gasteiger partial charge in [-0.1, -0.05) is 52.0 Å². The molecule has 2 heterocycles. The first-order chi connectivity index (χ1) is 29.6. The maximum atomic E-state index is 11.8. The summed E-state index contributed by atoms with van der Waals surface area (Å²) in [6.07, 6.45) is 19.2. The molecule has 0 N–H and O–H groups in total. The van der Waals surface area contributed by atoms with Gasteiger partial charge in [0.15, 0.2) is 12.6 Å². The molecule has 1 aromatic carbocycles. The normalized spacial score (nSPS) is 53.9. The molecule has 2 aliphatic heterocycles. The van der Waals surface area contributed by atoms with E-state index in [2.05, 4.69) is 65.8 Å². The Labute approximate surface area is 372 Å². The van der Waals surface area contributed by atoms with E-state index >= 15 is 0 Å². The van der Waals surface area contributed by atoms with Crippen molar-refractivity contribution in [3.8, 4) is 0 Å². The summed E-state index contributed by atoms with van der Waals surface area (Å²) >= 11 is 0.